The molecule has 1 heterocycles. The second-order valence-electron chi connectivity index (χ2n) is 6.69. The quantitative estimate of drug-likeness (QED) is 0.615. The molecule has 3 unspecified atom stereocenters. The Morgan fingerprint density at radius 2 is 1.92 bits per heavy atom. The van der Waals surface area contributed by atoms with E-state index < -0.39 is 24.1 Å². The van der Waals surface area contributed by atoms with Crippen molar-refractivity contribution in [3.63, 3.8) is 0 Å². The van der Waals surface area contributed by atoms with Crippen LogP contribution < -0.4 is 5.32 Å². The van der Waals surface area contributed by atoms with Gasteiger partial charge >= 0.3 is 11.9 Å². The zero-order chi connectivity index (χ0) is 18.3. The van der Waals surface area contributed by atoms with Gasteiger partial charge in [0.05, 0.1) is 12.6 Å². The number of amides is 1. The minimum absolute atomic E-state index is 0.279. The fraction of sp³-hybridized carbons (Fsp3) is 0.824. The van der Waals surface area contributed by atoms with Crippen LogP contribution in [0.1, 0.15) is 53.4 Å². The van der Waals surface area contributed by atoms with Crippen LogP contribution in [0.4, 0.5) is 0 Å². The van der Waals surface area contributed by atoms with Gasteiger partial charge in [-0.1, -0.05) is 13.8 Å². The van der Waals surface area contributed by atoms with E-state index in [0.717, 1.165) is 6.42 Å². The highest BCUT2D eigenvalue weighted by Crippen LogP contribution is 2.19. The monoisotopic (exact) mass is 342 g/mol. The summed E-state index contributed by atoms with van der Waals surface area (Å²) in [5.41, 5.74) is 0. The van der Waals surface area contributed by atoms with Gasteiger partial charge in [0, 0.05) is 6.54 Å². The molecular formula is C17H30N2O5. The summed E-state index contributed by atoms with van der Waals surface area (Å²) in [6, 6.07) is -1.96. The number of hydrogen-bond acceptors (Lipinski definition) is 5. The van der Waals surface area contributed by atoms with Gasteiger partial charge in [-0.2, -0.15) is 0 Å². The fourth-order valence-corrected chi connectivity index (χ4v) is 2.92. The Morgan fingerprint density at radius 1 is 1.25 bits per heavy atom. The molecular weight excluding hydrogens is 312 g/mol. The highest BCUT2D eigenvalue weighted by molar-refractivity contribution is 5.88. The third-order valence-electron chi connectivity index (χ3n) is 4.25. The van der Waals surface area contributed by atoms with E-state index in [1.54, 1.807) is 13.8 Å². The van der Waals surface area contributed by atoms with E-state index in [-0.39, 0.29) is 18.5 Å². The summed E-state index contributed by atoms with van der Waals surface area (Å²) in [6.07, 6.45) is 2.57. The van der Waals surface area contributed by atoms with Gasteiger partial charge in [0.1, 0.15) is 12.1 Å². The lowest BCUT2D eigenvalue weighted by Crippen LogP contribution is -2.53. The van der Waals surface area contributed by atoms with E-state index in [1.807, 2.05) is 0 Å². The highest BCUT2D eigenvalue weighted by atomic mass is 16.5. The van der Waals surface area contributed by atoms with Gasteiger partial charge in [-0.3, -0.25) is 14.9 Å². The van der Waals surface area contributed by atoms with Crippen LogP contribution in [-0.4, -0.2) is 59.1 Å². The molecule has 1 aliphatic heterocycles. The van der Waals surface area contributed by atoms with Gasteiger partial charge in [0.2, 0.25) is 5.91 Å². The Hall–Kier alpha value is -1.63. The minimum atomic E-state index is -0.977. The van der Waals surface area contributed by atoms with Crippen LogP contribution in [0.15, 0.2) is 0 Å². The van der Waals surface area contributed by atoms with E-state index in [1.165, 1.54) is 4.90 Å². The first kappa shape index (κ1) is 20.4. The van der Waals surface area contributed by atoms with Crippen LogP contribution in [0.3, 0.4) is 0 Å². The van der Waals surface area contributed by atoms with Crippen molar-refractivity contribution < 1.29 is 24.2 Å². The molecule has 0 saturated carbocycles. The molecule has 7 heteroatoms. The first-order valence-electron chi connectivity index (χ1n) is 8.73. The van der Waals surface area contributed by atoms with E-state index in [9.17, 15) is 19.5 Å². The maximum absolute atomic E-state index is 12.6. The number of carbonyl (C=O) groups is 3. The van der Waals surface area contributed by atoms with Gasteiger partial charge in [0.25, 0.3) is 0 Å². The molecule has 1 saturated heterocycles. The maximum Gasteiger partial charge on any atom is 0.326 e. The average molecular weight is 342 g/mol. The number of likely N-dealkylation sites (tertiary alicyclic amines) is 1. The molecule has 1 amide bonds. The van der Waals surface area contributed by atoms with E-state index >= 15 is 0 Å². The molecule has 3 atom stereocenters. The molecule has 2 N–H and O–H groups in total. The second-order valence-corrected chi connectivity index (χ2v) is 6.69. The van der Waals surface area contributed by atoms with Crippen molar-refractivity contribution >= 4 is 17.8 Å². The van der Waals surface area contributed by atoms with Gasteiger partial charge in [0.15, 0.2) is 0 Å². The van der Waals surface area contributed by atoms with Gasteiger partial charge in [-0.15, -0.1) is 0 Å². The van der Waals surface area contributed by atoms with Gasteiger partial charge < -0.3 is 14.7 Å². The molecule has 0 aromatic heterocycles. The van der Waals surface area contributed by atoms with Crippen molar-refractivity contribution in [3.8, 4) is 0 Å². The lowest BCUT2D eigenvalue weighted by molar-refractivity contribution is -0.150. The highest BCUT2D eigenvalue weighted by Gasteiger charge is 2.36. The number of nitrogens with zero attached hydrogens (tertiary/aromatic N) is 1. The van der Waals surface area contributed by atoms with Crippen LogP contribution in [0.25, 0.3) is 0 Å². The summed E-state index contributed by atoms with van der Waals surface area (Å²) >= 11 is 0. The summed E-state index contributed by atoms with van der Waals surface area (Å²) in [5, 5.41) is 12.2. The molecule has 1 fully saturated rings. The van der Waals surface area contributed by atoms with Gasteiger partial charge in [-0.25, -0.2) is 4.79 Å². The Balaban J connectivity index is 2.71. The number of aliphatic carboxylic acids is 1. The van der Waals surface area contributed by atoms with E-state index in [2.05, 4.69) is 19.2 Å². The number of carboxylic acid groups (broad SMARTS) is 1. The average Bonchev–Trinajstić information content (AvgIpc) is 3.00. The Morgan fingerprint density at radius 3 is 2.46 bits per heavy atom. The SMILES string of the molecule is CCOC(=O)C(CCC(C)C)NC(C)C(=O)N1CCCC1C(=O)O. The third-order valence-corrected chi connectivity index (χ3v) is 4.25. The maximum atomic E-state index is 12.6. The van der Waals surface area contributed by atoms with E-state index in [0.29, 0.717) is 31.7 Å². The summed E-state index contributed by atoms with van der Waals surface area (Å²) in [7, 11) is 0. The molecule has 0 bridgehead atoms. The molecule has 138 valence electrons. The first-order chi connectivity index (χ1) is 11.3. The van der Waals surface area contributed by atoms with Crippen molar-refractivity contribution in [2.24, 2.45) is 5.92 Å². The summed E-state index contributed by atoms with van der Waals surface area (Å²) in [5.74, 6) is -1.19. The van der Waals surface area contributed by atoms with Crippen LogP contribution in [0.5, 0.6) is 0 Å². The predicted octanol–water partition coefficient (Wildman–Crippen LogP) is 1.41. The molecule has 0 spiro atoms. The minimum Gasteiger partial charge on any atom is -0.480 e. The number of carboxylic acids is 1. The topological polar surface area (TPSA) is 95.9 Å². The van der Waals surface area contributed by atoms with Crippen LogP contribution >= 0.6 is 0 Å². The summed E-state index contributed by atoms with van der Waals surface area (Å²) in [6.45, 7) is 8.28. The molecule has 1 rings (SSSR count). The number of esters is 1. The number of carbonyl (C=O) groups excluding carboxylic acids is 2. The molecule has 0 aliphatic carbocycles. The Kier molecular flexibility index (Phi) is 8.18. The van der Waals surface area contributed by atoms with Crippen molar-refractivity contribution in [2.75, 3.05) is 13.2 Å². The summed E-state index contributed by atoms with van der Waals surface area (Å²) < 4.78 is 5.08. The molecule has 1 aliphatic rings. The third kappa shape index (κ3) is 5.78. The Labute approximate surface area is 143 Å². The molecule has 0 aromatic carbocycles. The second kappa shape index (κ2) is 9.61. The molecule has 7 nitrogen and oxygen atoms in total. The number of nitrogens with one attached hydrogen (secondary N) is 1. The normalized spacial score (nSPS) is 20.0. The van der Waals surface area contributed by atoms with Crippen LogP contribution in [0.2, 0.25) is 0 Å². The predicted molar refractivity (Wildman–Crippen MR) is 89.5 cm³/mol. The molecule has 0 aromatic rings. The van der Waals surface area contributed by atoms with Crippen LogP contribution in [-0.2, 0) is 19.1 Å². The standard InChI is InChI=1S/C17H30N2O5/c1-5-24-17(23)13(9-8-11(2)3)18-12(4)15(20)19-10-6-7-14(19)16(21)22/h11-14,18H,5-10H2,1-4H3,(H,21,22). The van der Waals surface area contributed by atoms with Crippen molar-refractivity contribution in [1.29, 1.82) is 0 Å². The largest absolute Gasteiger partial charge is 0.480 e. The molecule has 0 radical (unpaired) electrons. The Bertz CT molecular complexity index is 452. The molecule has 24 heavy (non-hydrogen) atoms. The van der Waals surface area contributed by atoms with E-state index in [4.69, 9.17) is 4.74 Å². The smallest absolute Gasteiger partial charge is 0.326 e. The van der Waals surface area contributed by atoms with Crippen LogP contribution in [0, 0.1) is 5.92 Å². The van der Waals surface area contributed by atoms with Crippen molar-refractivity contribution in [3.05, 3.63) is 0 Å². The number of ether oxygens (including phenoxy) is 1. The summed E-state index contributed by atoms with van der Waals surface area (Å²) in [4.78, 5) is 37.3. The lowest BCUT2D eigenvalue weighted by atomic mass is 10.0. The fourth-order valence-electron chi connectivity index (χ4n) is 2.92. The number of rotatable bonds is 9. The number of hydrogen-bond donors (Lipinski definition) is 2. The van der Waals surface area contributed by atoms with Gasteiger partial charge in [-0.05, 0) is 45.4 Å². The first-order valence-corrected chi connectivity index (χ1v) is 8.73. The zero-order valence-electron chi connectivity index (χ0n) is 15.1. The van der Waals surface area contributed by atoms with Crippen molar-refractivity contribution in [1.82, 2.24) is 10.2 Å². The lowest BCUT2D eigenvalue weighted by Gasteiger charge is -2.28. The van der Waals surface area contributed by atoms with Crippen molar-refractivity contribution in [2.45, 2.75) is 71.5 Å². The zero-order valence-corrected chi connectivity index (χ0v) is 15.1.